The molecule has 2 aromatic heterocycles. The Morgan fingerprint density at radius 1 is 1.23 bits per heavy atom. The molecule has 160 valence electrons. The fourth-order valence-electron chi connectivity index (χ4n) is 3.08. The lowest BCUT2D eigenvalue weighted by atomic mass is 10.2. The van der Waals surface area contributed by atoms with Gasteiger partial charge < -0.3 is 14.5 Å². The number of carbonyl (C=O) groups is 1. The van der Waals surface area contributed by atoms with Gasteiger partial charge in [-0.25, -0.2) is 4.98 Å². The lowest BCUT2D eigenvalue weighted by Gasteiger charge is -2.15. The van der Waals surface area contributed by atoms with Crippen LogP contribution in [-0.4, -0.2) is 28.2 Å². The first-order valence-corrected chi connectivity index (χ1v) is 9.18. The van der Waals surface area contributed by atoms with Crippen molar-refractivity contribution in [3.05, 3.63) is 64.7 Å². The number of nitrogens with zero attached hydrogens (tertiary/aromatic N) is 2. The summed E-state index contributed by atoms with van der Waals surface area (Å²) in [6, 6.07) is 11.5. The van der Waals surface area contributed by atoms with Crippen molar-refractivity contribution < 1.29 is 27.1 Å². The summed E-state index contributed by atoms with van der Waals surface area (Å²) < 4.78 is 49.0. The Kier molecular flexibility index (Phi) is 5.14. The fourth-order valence-corrected chi connectivity index (χ4v) is 3.08. The van der Waals surface area contributed by atoms with Gasteiger partial charge in [-0.05, 0) is 36.8 Å². The summed E-state index contributed by atoms with van der Waals surface area (Å²) in [4.78, 5) is 29.4. The van der Waals surface area contributed by atoms with Crippen LogP contribution in [0.5, 0.6) is 5.75 Å². The largest absolute Gasteiger partial charge is 0.482 e. The predicted octanol–water partition coefficient (Wildman–Crippen LogP) is 4.03. The number of aryl methyl sites for hydroxylation is 1. The summed E-state index contributed by atoms with van der Waals surface area (Å²) in [5, 5.41) is 3.15. The number of anilines is 1. The first kappa shape index (κ1) is 20.5. The van der Waals surface area contributed by atoms with Gasteiger partial charge in [-0.1, -0.05) is 18.2 Å². The van der Waals surface area contributed by atoms with E-state index in [-0.39, 0.29) is 17.0 Å². The number of hydrogen-bond acceptors (Lipinski definition) is 5. The van der Waals surface area contributed by atoms with Crippen LogP contribution in [0.25, 0.3) is 22.1 Å². The van der Waals surface area contributed by atoms with Gasteiger partial charge in [0.2, 0.25) is 11.5 Å². The molecular formula is C21H16F3N3O4. The number of carbonyl (C=O) groups excluding carboxylic acids is 1. The second-order valence-corrected chi connectivity index (χ2v) is 6.91. The molecule has 0 bridgehead atoms. The molecular weight excluding hydrogens is 415 g/mol. The number of fused-ring (bicyclic) bond motifs is 3. The number of benzene rings is 2. The van der Waals surface area contributed by atoms with Gasteiger partial charge in [0, 0.05) is 5.39 Å². The molecule has 4 aromatic rings. The zero-order chi connectivity index (χ0) is 22.2. The predicted molar refractivity (Wildman–Crippen MR) is 107 cm³/mol. The van der Waals surface area contributed by atoms with Gasteiger partial charge in [-0.3, -0.25) is 14.2 Å². The highest BCUT2D eigenvalue weighted by Gasteiger charge is 2.29. The average Bonchev–Trinajstić information content (AvgIpc) is 3.09. The minimum absolute atomic E-state index is 0.0148. The van der Waals surface area contributed by atoms with Crippen LogP contribution in [0.4, 0.5) is 18.9 Å². The highest BCUT2D eigenvalue weighted by Crippen LogP contribution is 2.28. The number of nitrogens with one attached hydrogen (secondary N) is 1. The lowest BCUT2D eigenvalue weighted by Crippen LogP contribution is -2.28. The Hall–Kier alpha value is -3.82. The number of furan rings is 1. The molecule has 0 saturated carbocycles. The molecule has 0 aliphatic heterocycles. The SMILES string of the molecule is Cc1ccc(NC(=O)Cn2cnc3c(oc4ccccc43)c2=O)c(OCC(F)(F)F)c1. The second-order valence-electron chi connectivity index (χ2n) is 6.91. The lowest BCUT2D eigenvalue weighted by molar-refractivity contribution is -0.153. The number of alkyl halides is 3. The molecule has 31 heavy (non-hydrogen) atoms. The van der Waals surface area contributed by atoms with Gasteiger partial charge in [-0.15, -0.1) is 0 Å². The monoisotopic (exact) mass is 431 g/mol. The molecule has 2 aromatic carbocycles. The van der Waals surface area contributed by atoms with Gasteiger partial charge in [0.15, 0.2) is 6.61 Å². The number of aromatic nitrogens is 2. The molecule has 0 unspecified atom stereocenters. The highest BCUT2D eigenvalue weighted by atomic mass is 19.4. The molecule has 0 saturated heterocycles. The Morgan fingerprint density at radius 3 is 2.77 bits per heavy atom. The van der Waals surface area contributed by atoms with E-state index in [1.165, 1.54) is 18.5 Å². The number of halogens is 3. The van der Waals surface area contributed by atoms with Crippen molar-refractivity contribution in [2.24, 2.45) is 0 Å². The molecule has 0 spiro atoms. The van der Waals surface area contributed by atoms with Crippen LogP contribution in [0, 0.1) is 6.92 Å². The molecule has 0 radical (unpaired) electrons. The maximum atomic E-state index is 12.7. The van der Waals surface area contributed by atoms with Gasteiger partial charge in [0.1, 0.15) is 23.4 Å². The van der Waals surface area contributed by atoms with Gasteiger partial charge in [-0.2, -0.15) is 13.2 Å². The van der Waals surface area contributed by atoms with E-state index in [9.17, 15) is 22.8 Å². The van der Waals surface area contributed by atoms with Crippen LogP contribution < -0.4 is 15.6 Å². The Bertz CT molecular complexity index is 1340. The summed E-state index contributed by atoms with van der Waals surface area (Å²) >= 11 is 0. The van der Waals surface area contributed by atoms with Crippen molar-refractivity contribution in [3.8, 4) is 5.75 Å². The molecule has 1 amide bonds. The minimum Gasteiger partial charge on any atom is -0.482 e. The Morgan fingerprint density at radius 2 is 2.00 bits per heavy atom. The molecule has 2 heterocycles. The molecule has 7 nitrogen and oxygen atoms in total. The first-order chi connectivity index (χ1) is 14.7. The van der Waals surface area contributed by atoms with E-state index in [0.717, 1.165) is 4.57 Å². The molecule has 1 N–H and O–H groups in total. The summed E-state index contributed by atoms with van der Waals surface area (Å²) in [5.74, 6) is -0.760. The number of rotatable bonds is 5. The Labute approximate surface area is 173 Å². The summed E-state index contributed by atoms with van der Waals surface area (Å²) in [5.41, 5.74) is 1.07. The van der Waals surface area contributed by atoms with E-state index in [1.54, 1.807) is 37.3 Å². The van der Waals surface area contributed by atoms with Crippen LogP contribution in [-0.2, 0) is 11.3 Å². The minimum atomic E-state index is -4.52. The number of ether oxygens (including phenoxy) is 1. The summed E-state index contributed by atoms with van der Waals surface area (Å²) in [7, 11) is 0. The van der Waals surface area contributed by atoms with Crippen LogP contribution in [0.2, 0.25) is 0 Å². The van der Waals surface area contributed by atoms with Gasteiger partial charge >= 0.3 is 6.18 Å². The zero-order valence-corrected chi connectivity index (χ0v) is 16.2. The highest BCUT2D eigenvalue weighted by molar-refractivity contribution is 6.01. The topological polar surface area (TPSA) is 86.4 Å². The smallest absolute Gasteiger partial charge is 0.422 e. The van der Waals surface area contributed by atoms with Crippen molar-refractivity contribution in [1.29, 1.82) is 0 Å². The molecule has 0 aliphatic rings. The van der Waals surface area contributed by atoms with Crippen LogP contribution in [0.3, 0.4) is 0 Å². The third kappa shape index (κ3) is 4.37. The molecule has 0 fully saturated rings. The van der Waals surface area contributed by atoms with Crippen LogP contribution >= 0.6 is 0 Å². The first-order valence-electron chi connectivity index (χ1n) is 9.18. The third-order valence-corrected chi connectivity index (χ3v) is 4.47. The van der Waals surface area contributed by atoms with E-state index >= 15 is 0 Å². The quantitative estimate of drug-likeness (QED) is 0.516. The molecule has 0 aliphatic carbocycles. The fraction of sp³-hybridized carbons (Fsp3) is 0.190. The molecule has 10 heteroatoms. The standard InChI is InChI=1S/C21H16F3N3O4/c1-12-6-7-14(16(8-12)30-10-21(22,23)24)26-17(28)9-27-11-25-18-13-4-2-3-5-15(13)31-19(18)20(27)29/h2-8,11H,9-10H2,1H3,(H,26,28). The van der Waals surface area contributed by atoms with Crippen molar-refractivity contribution in [2.45, 2.75) is 19.6 Å². The molecule has 0 atom stereocenters. The van der Waals surface area contributed by atoms with E-state index in [0.29, 0.717) is 22.0 Å². The van der Waals surface area contributed by atoms with E-state index in [2.05, 4.69) is 10.3 Å². The maximum absolute atomic E-state index is 12.7. The number of amides is 1. The van der Waals surface area contributed by atoms with E-state index in [1.807, 2.05) is 0 Å². The van der Waals surface area contributed by atoms with Gasteiger partial charge in [0.25, 0.3) is 5.56 Å². The third-order valence-electron chi connectivity index (χ3n) is 4.47. The van der Waals surface area contributed by atoms with Crippen molar-refractivity contribution >= 4 is 33.7 Å². The van der Waals surface area contributed by atoms with Crippen molar-refractivity contribution in [2.75, 3.05) is 11.9 Å². The van der Waals surface area contributed by atoms with Crippen LogP contribution in [0.15, 0.2) is 58.0 Å². The normalized spacial score (nSPS) is 11.7. The molecule has 4 rings (SSSR count). The second kappa shape index (κ2) is 7.78. The Balaban J connectivity index is 1.57. The number of para-hydroxylation sites is 1. The zero-order valence-electron chi connectivity index (χ0n) is 16.2. The summed E-state index contributed by atoms with van der Waals surface area (Å²) in [6.07, 6.45) is -3.30. The number of hydrogen-bond donors (Lipinski definition) is 1. The average molecular weight is 431 g/mol. The van der Waals surface area contributed by atoms with Gasteiger partial charge in [0.05, 0.1) is 12.0 Å². The van der Waals surface area contributed by atoms with Crippen molar-refractivity contribution in [3.63, 3.8) is 0 Å². The van der Waals surface area contributed by atoms with E-state index < -0.39 is 30.8 Å². The van der Waals surface area contributed by atoms with Crippen molar-refractivity contribution in [1.82, 2.24) is 9.55 Å². The van der Waals surface area contributed by atoms with E-state index in [4.69, 9.17) is 9.15 Å². The summed E-state index contributed by atoms with van der Waals surface area (Å²) in [6.45, 7) is -0.226. The van der Waals surface area contributed by atoms with Crippen LogP contribution in [0.1, 0.15) is 5.56 Å². The maximum Gasteiger partial charge on any atom is 0.422 e.